The molecule has 2 heterocycles. The first kappa shape index (κ1) is 17.0. The second-order valence-corrected chi connectivity index (χ2v) is 7.10. The van der Waals surface area contributed by atoms with Gasteiger partial charge in [0.1, 0.15) is 0 Å². The lowest BCUT2D eigenvalue weighted by Crippen LogP contribution is -2.44. The highest BCUT2D eigenvalue weighted by atomic mass is 16.3. The Morgan fingerprint density at radius 3 is 2.58 bits per heavy atom. The Balaban J connectivity index is 1.74. The second kappa shape index (κ2) is 6.55. The van der Waals surface area contributed by atoms with Crippen molar-refractivity contribution in [2.45, 2.75) is 39.0 Å². The molecule has 5 nitrogen and oxygen atoms in total. The summed E-state index contributed by atoms with van der Waals surface area (Å²) in [6.07, 6.45) is 3.86. The Bertz CT molecular complexity index is 642. The van der Waals surface area contributed by atoms with Crippen LogP contribution in [0.4, 0.5) is 5.69 Å². The summed E-state index contributed by atoms with van der Waals surface area (Å²) in [6.45, 7) is 3.70. The number of carbonyl (C=O) groups is 2. The maximum absolute atomic E-state index is 12.8. The molecule has 5 heteroatoms. The van der Waals surface area contributed by atoms with Crippen LogP contribution in [0.25, 0.3) is 0 Å². The summed E-state index contributed by atoms with van der Waals surface area (Å²) in [6, 6.07) is 5.64. The highest BCUT2D eigenvalue weighted by Crippen LogP contribution is 2.35. The molecule has 0 aliphatic carbocycles. The predicted octanol–water partition coefficient (Wildman–Crippen LogP) is 2.22. The number of amides is 2. The van der Waals surface area contributed by atoms with Crippen molar-refractivity contribution in [3.05, 3.63) is 29.3 Å². The van der Waals surface area contributed by atoms with Gasteiger partial charge in [0.05, 0.1) is 0 Å². The number of piperidine rings is 1. The Kier molecular flexibility index (Phi) is 4.63. The van der Waals surface area contributed by atoms with Crippen LogP contribution in [0.15, 0.2) is 18.2 Å². The zero-order valence-electron chi connectivity index (χ0n) is 14.5. The van der Waals surface area contributed by atoms with Gasteiger partial charge in [0, 0.05) is 44.4 Å². The summed E-state index contributed by atoms with van der Waals surface area (Å²) in [5.41, 5.74) is 2.66. The van der Waals surface area contributed by atoms with E-state index in [2.05, 4.69) is 6.92 Å². The van der Waals surface area contributed by atoms with Crippen LogP contribution in [0.3, 0.4) is 0 Å². The van der Waals surface area contributed by atoms with Crippen molar-refractivity contribution in [1.82, 2.24) is 4.90 Å². The van der Waals surface area contributed by atoms with E-state index in [0.29, 0.717) is 31.5 Å². The lowest BCUT2D eigenvalue weighted by molar-refractivity contribution is -0.118. The molecule has 130 valence electrons. The standard InChI is InChI=1S/C19H26N2O3/c1-3-19(13-22)8-10-21(11-9-19)18(24)15-4-6-16-14(12-15)5-7-17(23)20(16)2/h4,6,12,22H,3,5,7-11,13H2,1-2H3. The third-order valence-electron chi connectivity index (χ3n) is 5.87. The van der Waals surface area contributed by atoms with Crippen LogP contribution < -0.4 is 4.90 Å². The fourth-order valence-corrected chi connectivity index (χ4v) is 3.78. The van der Waals surface area contributed by atoms with E-state index in [1.54, 1.807) is 11.9 Å². The molecule has 1 aromatic rings. The molecular weight excluding hydrogens is 304 g/mol. The molecule has 2 amide bonds. The number of aliphatic hydroxyl groups is 1. The summed E-state index contributed by atoms with van der Waals surface area (Å²) in [5, 5.41) is 9.63. The number of hydrogen-bond acceptors (Lipinski definition) is 3. The average Bonchev–Trinajstić information content (AvgIpc) is 2.64. The van der Waals surface area contributed by atoms with Gasteiger partial charge in [0.15, 0.2) is 0 Å². The highest BCUT2D eigenvalue weighted by Gasteiger charge is 2.34. The third kappa shape index (κ3) is 2.93. The first-order valence-electron chi connectivity index (χ1n) is 8.79. The molecular formula is C19H26N2O3. The molecule has 1 aromatic carbocycles. The van der Waals surface area contributed by atoms with Crippen molar-refractivity contribution < 1.29 is 14.7 Å². The van der Waals surface area contributed by atoms with Gasteiger partial charge in [-0.25, -0.2) is 0 Å². The van der Waals surface area contributed by atoms with Crippen molar-refractivity contribution in [3.8, 4) is 0 Å². The number of aryl methyl sites for hydroxylation is 1. The monoisotopic (exact) mass is 330 g/mol. The number of fused-ring (bicyclic) bond motifs is 1. The summed E-state index contributed by atoms with van der Waals surface area (Å²) < 4.78 is 0. The van der Waals surface area contributed by atoms with Gasteiger partial charge in [0.2, 0.25) is 5.91 Å². The Labute approximate surface area is 143 Å². The number of rotatable bonds is 3. The first-order valence-corrected chi connectivity index (χ1v) is 8.79. The van der Waals surface area contributed by atoms with Gasteiger partial charge in [-0.2, -0.15) is 0 Å². The second-order valence-electron chi connectivity index (χ2n) is 7.10. The van der Waals surface area contributed by atoms with E-state index in [0.717, 1.165) is 30.5 Å². The van der Waals surface area contributed by atoms with E-state index < -0.39 is 0 Å². The zero-order valence-corrected chi connectivity index (χ0v) is 14.5. The van der Waals surface area contributed by atoms with E-state index in [1.165, 1.54) is 0 Å². The largest absolute Gasteiger partial charge is 0.396 e. The summed E-state index contributed by atoms with van der Waals surface area (Å²) in [4.78, 5) is 28.1. The van der Waals surface area contributed by atoms with Crippen LogP contribution in [0.1, 0.15) is 48.5 Å². The van der Waals surface area contributed by atoms with E-state index in [-0.39, 0.29) is 23.8 Å². The fraction of sp³-hybridized carbons (Fsp3) is 0.579. The minimum Gasteiger partial charge on any atom is -0.396 e. The zero-order chi connectivity index (χ0) is 17.3. The Morgan fingerprint density at radius 2 is 1.96 bits per heavy atom. The molecule has 0 radical (unpaired) electrons. The molecule has 0 saturated carbocycles. The van der Waals surface area contributed by atoms with E-state index in [1.807, 2.05) is 23.1 Å². The predicted molar refractivity (Wildman–Crippen MR) is 93.1 cm³/mol. The number of carbonyl (C=O) groups excluding carboxylic acids is 2. The lowest BCUT2D eigenvalue weighted by atomic mass is 9.77. The van der Waals surface area contributed by atoms with Gasteiger partial charge in [0.25, 0.3) is 5.91 Å². The average molecular weight is 330 g/mol. The highest BCUT2D eigenvalue weighted by molar-refractivity contribution is 5.99. The Hall–Kier alpha value is -1.88. The van der Waals surface area contributed by atoms with Crippen molar-refractivity contribution in [1.29, 1.82) is 0 Å². The number of hydrogen-bond donors (Lipinski definition) is 1. The van der Waals surface area contributed by atoms with Crippen LogP contribution in [0.5, 0.6) is 0 Å². The van der Waals surface area contributed by atoms with Crippen LogP contribution in [0.2, 0.25) is 0 Å². The van der Waals surface area contributed by atoms with Crippen LogP contribution in [-0.2, 0) is 11.2 Å². The van der Waals surface area contributed by atoms with Gasteiger partial charge in [-0.3, -0.25) is 9.59 Å². The van der Waals surface area contributed by atoms with Crippen molar-refractivity contribution in [2.24, 2.45) is 5.41 Å². The molecule has 0 aromatic heterocycles. The lowest BCUT2D eigenvalue weighted by Gasteiger charge is -2.40. The minimum absolute atomic E-state index is 0.0181. The SMILES string of the molecule is CCC1(CO)CCN(C(=O)c2ccc3c(c2)CCC(=O)N3C)CC1. The van der Waals surface area contributed by atoms with E-state index >= 15 is 0 Å². The quantitative estimate of drug-likeness (QED) is 0.924. The van der Waals surface area contributed by atoms with E-state index in [9.17, 15) is 14.7 Å². The van der Waals surface area contributed by atoms with Gasteiger partial charge in [-0.15, -0.1) is 0 Å². The molecule has 0 atom stereocenters. The number of aliphatic hydroxyl groups excluding tert-OH is 1. The molecule has 3 rings (SSSR count). The number of benzene rings is 1. The summed E-state index contributed by atoms with van der Waals surface area (Å²) >= 11 is 0. The minimum atomic E-state index is -0.0181. The Morgan fingerprint density at radius 1 is 1.25 bits per heavy atom. The van der Waals surface area contributed by atoms with Crippen LogP contribution in [-0.4, -0.2) is 48.6 Å². The number of anilines is 1. The number of nitrogens with zero attached hydrogens (tertiary/aromatic N) is 2. The molecule has 1 N–H and O–H groups in total. The first-order chi connectivity index (χ1) is 11.5. The molecule has 0 spiro atoms. The van der Waals surface area contributed by atoms with Gasteiger partial charge >= 0.3 is 0 Å². The third-order valence-corrected chi connectivity index (χ3v) is 5.87. The maximum atomic E-state index is 12.8. The molecule has 0 unspecified atom stereocenters. The summed E-state index contributed by atoms with van der Waals surface area (Å²) in [5.74, 6) is 0.178. The van der Waals surface area contributed by atoms with E-state index in [4.69, 9.17) is 0 Å². The van der Waals surface area contributed by atoms with Crippen LogP contribution >= 0.6 is 0 Å². The van der Waals surface area contributed by atoms with Crippen molar-refractivity contribution >= 4 is 17.5 Å². The molecule has 0 bridgehead atoms. The molecule has 2 aliphatic rings. The fourth-order valence-electron chi connectivity index (χ4n) is 3.78. The maximum Gasteiger partial charge on any atom is 0.253 e. The smallest absolute Gasteiger partial charge is 0.253 e. The van der Waals surface area contributed by atoms with Crippen molar-refractivity contribution in [3.63, 3.8) is 0 Å². The topological polar surface area (TPSA) is 60.9 Å². The molecule has 24 heavy (non-hydrogen) atoms. The molecule has 1 fully saturated rings. The van der Waals surface area contributed by atoms with Gasteiger partial charge in [-0.05, 0) is 54.9 Å². The number of likely N-dealkylation sites (tertiary alicyclic amines) is 1. The van der Waals surface area contributed by atoms with Crippen LogP contribution in [0, 0.1) is 5.41 Å². The van der Waals surface area contributed by atoms with Gasteiger partial charge < -0.3 is 14.9 Å². The van der Waals surface area contributed by atoms with Gasteiger partial charge in [-0.1, -0.05) is 6.92 Å². The molecule has 2 aliphatic heterocycles. The summed E-state index contributed by atoms with van der Waals surface area (Å²) in [7, 11) is 1.78. The molecule has 1 saturated heterocycles. The van der Waals surface area contributed by atoms with Crippen molar-refractivity contribution in [2.75, 3.05) is 31.6 Å². The normalized spacial score (nSPS) is 20.0.